The molecule has 2 aromatic rings. The Morgan fingerprint density at radius 1 is 1.04 bits per heavy atom. The van der Waals surface area contributed by atoms with Crippen LogP contribution >= 0.6 is 0 Å². The van der Waals surface area contributed by atoms with Crippen LogP contribution in [0.2, 0.25) is 0 Å². The summed E-state index contributed by atoms with van der Waals surface area (Å²) in [4.78, 5) is 11.9. The van der Waals surface area contributed by atoms with Crippen molar-refractivity contribution in [3.8, 4) is 11.5 Å². The molecular weight excluding hydrogens is 304 g/mol. The first-order valence-electron chi connectivity index (χ1n) is 7.90. The predicted octanol–water partition coefficient (Wildman–Crippen LogP) is 2.78. The zero-order valence-electron chi connectivity index (χ0n) is 14.4. The summed E-state index contributed by atoms with van der Waals surface area (Å²) in [5, 5.41) is 6.03. The number of aryl methyl sites for hydroxylation is 1. The van der Waals surface area contributed by atoms with Crippen molar-refractivity contribution in [3.63, 3.8) is 0 Å². The summed E-state index contributed by atoms with van der Waals surface area (Å²) in [5.41, 5.74) is 3.19. The quantitative estimate of drug-likeness (QED) is 0.782. The highest BCUT2D eigenvalue weighted by atomic mass is 16.5. The molecule has 5 heteroatoms. The molecule has 128 valence electrons. The van der Waals surface area contributed by atoms with Crippen LogP contribution in [0.25, 0.3) is 0 Å². The predicted molar refractivity (Wildman–Crippen MR) is 95.9 cm³/mol. The molecule has 0 fully saturated rings. The van der Waals surface area contributed by atoms with E-state index in [4.69, 9.17) is 9.47 Å². The monoisotopic (exact) mass is 328 g/mol. The van der Waals surface area contributed by atoms with Gasteiger partial charge in [-0.05, 0) is 48.7 Å². The van der Waals surface area contributed by atoms with E-state index in [0.717, 1.165) is 23.2 Å². The molecule has 0 atom stereocenters. The highest BCUT2D eigenvalue weighted by molar-refractivity contribution is 5.80. The van der Waals surface area contributed by atoms with E-state index in [9.17, 15) is 4.79 Å². The van der Waals surface area contributed by atoms with E-state index < -0.39 is 0 Å². The van der Waals surface area contributed by atoms with Gasteiger partial charge in [0.05, 0.1) is 20.8 Å². The summed E-state index contributed by atoms with van der Waals surface area (Å²) >= 11 is 0. The summed E-state index contributed by atoms with van der Waals surface area (Å²) in [6.45, 7) is 2.85. The summed E-state index contributed by atoms with van der Waals surface area (Å²) in [6.07, 6.45) is 0.733. The molecule has 0 aromatic heterocycles. The summed E-state index contributed by atoms with van der Waals surface area (Å²) in [7, 11) is 3.22. The lowest BCUT2D eigenvalue weighted by Gasteiger charge is -2.11. The van der Waals surface area contributed by atoms with Crippen LogP contribution < -0.4 is 20.1 Å². The fourth-order valence-corrected chi connectivity index (χ4v) is 2.38. The Kier molecular flexibility index (Phi) is 6.49. The first kappa shape index (κ1) is 17.7. The molecule has 0 radical (unpaired) electrons. The first-order chi connectivity index (χ1) is 11.6. The van der Waals surface area contributed by atoms with Crippen LogP contribution in [-0.2, 0) is 11.2 Å². The van der Waals surface area contributed by atoms with Crippen molar-refractivity contribution in [1.29, 1.82) is 0 Å². The summed E-state index contributed by atoms with van der Waals surface area (Å²) < 4.78 is 10.5. The molecule has 0 aliphatic carbocycles. The van der Waals surface area contributed by atoms with Gasteiger partial charge in [0.15, 0.2) is 11.5 Å². The Morgan fingerprint density at radius 3 is 2.54 bits per heavy atom. The number of benzene rings is 2. The van der Waals surface area contributed by atoms with Crippen LogP contribution in [0, 0.1) is 6.92 Å². The molecule has 0 saturated carbocycles. The van der Waals surface area contributed by atoms with Crippen LogP contribution in [0.1, 0.15) is 11.1 Å². The molecule has 0 aliphatic heterocycles. The molecule has 2 rings (SSSR count). The van der Waals surface area contributed by atoms with E-state index in [-0.39, 0.29) is 12.5 Å². The Hall–Kier alpha value is -2.69. The van der Waals surface area contributed by atoms with Crippen LogP contribution in [-0.4, -0.2) is 33.2 Å². The minimum absolute atomic E-state index is 0.0306. The van der Waals surface area contributed by atoms with Gasteiger partial charge >= 0.3 is 0 Å². The number of carbonyl (C=O) groups excluding carboxylic acids is 1. The lowest BCUT2D eigenvalue weighted by atomic mass is 10.1. The molecule has 0 unspecified atom stereocenters. The Morgan fingerprint density at radius 2 is 1.83 bits per heavy atom. The van der Waals surface area contributed by atoms with Crippen LogP contribution in [0.15, 0.2) is 42.5 Å². The SMILES string of the molecule is COc1ccc(CCNC(=O)CNc2cccc(C)c2)cc1OC. The summed E-state index contributed by atoms with van der Waals surface area (Å²) in [5.74, 6) is 1.37. The van der Waals surface area contributed by atoms with Gasteiger partial charge in [0.2, 0.25) is 5.91 Å². The minimum Gasteiger partial charge on any atom is -0.493 e. The minimum atomic E-state index is -0.0306. The van der Waals surface area contributed by atoms with Crippen molar-refractivity contribution in [2.24, 2.45) is 0 Å². The Balaban J connectivity index is 1.76. The van der Waals surface area contributed by atoms with Gasteiger partial charge in [0.25, 0.3) is 0 Å². The van der Waals surface area contributed by atoms with Gasteiger partial charge in [-0.3, -0.25) is 4.79 Å². The molecular formula is C19H24N2O3. The second-order valence-corrected chi connectivity index (χ2v) is 5.51. The number of rotatable bonds is 8. The van der Waals surface area contributed by atoms with E-state index in [1.165, 1.54) is 0 Å². The second-order valence-electron chi connectivity index (χ2n) is 5.51. The van der Waals surface area contributed by atoms with Crippen LogP contribution in [0.5, 0.6) is 11.5 Å². The highest BCUT2D eigenvalue weighted by Gasteiger charge is 2.05. The first-order valence-corrected chi connectivity index (χ1v) is 7.90. The fourth-order valence-electron chi connectivity index (χ4n) is 2.38. The maximum atomic E-state index is 11.9. The number of carbonyl (C=O) groups is 1. The summed E-state index contributed by atoms with van der Waals surface area (Å²) in [6, 6.07) is 13.7. The maximum absolute atomic E-state index is 11.9. The number of nitrogens with one attached hydrogen (secondary N) is 2. The average Bonchev–Trinajstić information content (AvgIpc) is 2.60. The zero-order chi connectivity index (χ0) is 17.4. The van der Waals surface area contributed by atoms with E-state index in [1.807, 2.05) is 49.4 Å². The molecule has 24 heavy (non-hydrogen) atoms. The molecule has 0 saturated heterocycles. The number of anilines is 1. The molecule has 0 bridgehead atoms. The lowest BCUT2D eigenvalue weighted by Crippen LogP contribution is -2.31. The topological polar surface area (TPSA) is 59.6 Å². The smallest absolute Gasteiger partial charge is 0.239 e. The van der Waals surface area contributed by atoms with E-state index in [2.05, 4.69) is 10.6 Å². The van der Waals surface area contributed by atoms with E-state index in [0.29, 0.717) is 18.0 Å². The van der Waals surface area contributed by atoms with Gasteiger partial charge < -0.3 is 20.1 Å². The number of hydrogen-bond donors (Lipinski definition) is 2. The van der Waals surface area contributed by atoms with Crippen molar-refractivity contribution < 1.29 is 14.3 Å². The van der Waals surface area contributed by atoms with Gasteiger partial charge in [-0.1, -0.05) is 18.2 Å². The standard InChI is InChI=1S/C19H24N2O3/c1-14-5-4-6-16(11-14)21-13-19(22)20-10-9-15-7-8-17(23-2)18(12-15)24-3/h4-8,11-12,21H,9-10,13H2,1-3H3,(H,20,22). The lowest BCUT2D eigenvalue weighted by molar-refractivity contribution is -0.119. The Labute approximate surface area is 143 Å². The van der Waals surface area contributed by atoms with Crippen LogP contribution in [0.4, 0.5) is 5.69 Å². The van der Waals surface area contributed by atoms with Gasteiger partial charge in [-0.15, -0.1) is 0 Å². The molecule has 0 aliphatic rings. The normalized spacial score (nSPS) is 10.1. The molecule has 2 aromatic carbocycles. The number of amides is 1. The van der Waals surface area contributed by atoms with E-state index in [1.54, 1.807) is 14.2 Å². The fraction of sp³-hybridized carbons (Fsp3) is 0.316. The number of ether oxygens (including phenoxy) is 2. The molecule has 1 amide bonds. The largest absolute Gasteiger partial charge is 0.493 e. The van der Waals surface area contributed by atoms with Crippen molar-refractivity contribution in [2.45, 2.75) is 13.3 Å². The molecule has 5 nitrogen and oxygen atoms in total. The molecule has 2 N–H and O–H groups in total. The van der Waals surface area contributed by atoms with Gasteiger partial charge in [0.1, 0.15) is 0 Å². The molecule has 0 heterocycles. The van der Waals surface area contributed by atoms with E-state index >= 15 is 0 Å². The van der Waals surface area contributed by atoms with Gasteiger partial charge in [-0.25, -0.2) is 0 Å². The van der Waals surface area contributed by atoms with Gasteiger partial charge in [-0.2, -0.15) is 0 Å². The van der Waals surface area contributed by atoms with Crippen molar-refractivity contribution in [2.75, 3.05) is 32.6 Å². The second kappa shape index (κ2) is 8.82. The van der Waals surface area contributed by atoms with Gasteiger partial charge in [0, 0.05) is 12.2 Å². The third kappa shape index (κ3) is 5.19. The Bertz CT molecular complexity index is 686. The van der Waals surface area contributed by atoms with Crippen LogP contribution in [0.3, 0.4) is 0 Å². The third-order valence-corrected chi connectivity index (χ3v) is 3.65. The number of hydrogen-bond acceptors (Lipinski definition) is 4. The van der Waals surface area contributed by atoms with Crippen molar-refractivity contribution >= 4 is 11.6 Å². The average molecular weight is 328 g/mol. The van der Waals surface area contributed by atoms with Crippen molar-refractivity contribution in [1.82, 2.24) is 5.32 Å². The zero-order valence-corrected chi connectivity index (χ0v) is 14.4. The third-order valence-electron chi connectivity index (χ3n) is 3.65. The highest BCUT2D eigenvalue weighted by Crippen LogP contribution is 2.27. The maximum Gasteiger partial charge on any atom is 0.239 e. The van der Waals surface area contributed by atoms with Crippen molar-refractivity contribution in [3.05, 3.63) is 53.6 Å². The molecule has 0 spiro atoms. The number of methoxy groups -OCH3 is 2.